The summed E-state index contributed by atoms with van der Waals surface area (Å²) < 4.78 is 0. The fourth-order valence-electron chi connectivity index (χ4n) is 7.28. The molecule has 1 unspecified atom stereocenters. The number of hydrogen-bond acceptors (Lipinski definition) is 3. The monoisotopic (exact) mass is 437 g/mol. The molecule has 0 heterocycles. The topological polar surface area (TPSA) is 87.3 Å². The fraction of sp³-hybridized carbons (Fsp3) is 0.654. The van der Waals surface area contributed by atoms with Crippen LogP contribution in [0.2, 0.25) is 0 Å². The molecule has 5 aliphatic carbocycles. The van der Waals surface area contributed by atoms with Gasteiger partial charge in [-0.25, -0.2) is 0 Å². The average molecular weight is 438 g/mol. The number of rotatable bonds is 7. The van der Waals surface area contributed by atoms with Gasteiger partial charge in [0.2, 0.25) is 17.7 Å². The number of benzene rings is 1. The first-order chi connectivity index (χ1) is 15.5. The Morgan fingerprint density at radius 1 is 0.906 bits per heavy atom. The minimum Gasteiger partial charge on any atom is -0.355 e. The lowest BCUT2D eigenvalue weighted by Gasteiger charge is -2.55. The summed E-state index contributed by atoms with van der Waals surface area (Å²) in [7, 11) is 0. The van der Waals surface area contributed by atoms with E-state index in [1.807, 2.05) is 12.1 Å². The van der Waals surface area contributed by atoms with E-state index in [0.29, 0.717) is 6.54 Å². The van der Waals surface area contributed by atoms with E-state index in [1.54, 1.807) is 0 Å². The standard InChI is InChI=1S/C26H35N3O3/c30-23(28-16-24(31)29-22-7-3-5-20-4-1-2-6-21(20)22)8-9-27-25(32)26-13-17-10-18(14-26)12-19(11-17)15-26/h1-2,4,6,17-19,22H,3,5,7-16H2,(H,27,32)(H,28,30)(H,29,31). The van der Waals surface area contributed by atoms with Crippen LogP contribution in [0, 0.1) is 23.2 Å². The van der Waals surface area contributed by atoms with Crippen LogP contribution >= 0.6 is 0 Å². The normalized spacial score (nSPS) is 32.1. The molecule has 0 aromatic heterocycles. The molecule has 6 rings (SSSR count). The van der Waals surface area contributed by atoms with Gasteiger partial charge in [-0.15, -0.1) is 0 Å². The van der Waals surface area contributed by atoms with E-state index >= 15 is 0 Å². The Bertz CT molecular complexity index is 861. The third kappa shape index (κ3) is 4.41. The van der Waals surface area contributed by atoms with E-state index < -0.39 is 0 Å². The third-order valence-electron chi connectivity index (χ3n) is 8.31. The summed E-state index contributed by atoms with van der Waals surface area (Å²) in [4.78, 5) is 37.6. The Morgan fingerprint density at radius 2 is 1.59 bits per heavy atom. The smallest absolute Gasteiger partial charge is 0.239 e. The van der Waals surface area contributed by atoms with Gasteiger partial charge in [-0.2, -0.15) is 0 Å². The predicted octanol–water partition coefficient (Wildman–Crippen LogP) is 3.02. The van der Waals surface area contributed by atoms with Crippen molar-refractivity contribution in [1.29, 1.82) is 0 Å². The molecule has 32 heavy (non-hydrogen) atoms. The first-order valence-corrected chi connectivity index (χ1v) is 12.4. The first-order valence-electron chi connectivity index (χ1n) is 12.4. The van der Waals surface area contributed by atoms with Gasteiger partial charge in [0, 0.05) is 18.4 Å². The summed E-state index contributed by atoms with van der Waals surface area (Å²) in [5.74, 6) is 1.96. The Morgan fingerprint density at radius 3 is 2.31 bits per heavy atom. The molecule has 0 saturated heterocycles. The van der Waals surface area contributed by atoms with E-state index in [4.69, 9.17) is 0 Å². The van der Waals surface area contributed by atoms with Crippen LogP contribution in [-0.4, -0.2) is 30.8 Å². The van der Waals surface area contributed by atoms with Crippen molar-refractivity contribution in [2.24, 2.45) is 23.2 Å². The number of aryl methyl sites for hydroxylation is 1. The van der Waals surface area contributed by atoms with Gasteiger partial charge >= 0.3 is 0 Å². The van der Waals surface area contributed by atoms with Crippen LogP contribution in [0.25, 0.3) is 0 Å². The Balaban J connectivity index is 1.03. The maximum atomic E-state index is 13.0. The molecule has 4 bridgehead atoms. The van der Waals surface area contributed by atoms with Gasteiger partial charge in [0.1, 0.15) is 0 Å². The summed E-state index contributed by atoms with van der Waals surface area (Å²) in [5, 5.41) is 8.79. The van der Waals surface area contributed by atoms with Crippen LogP contribution in [-0.2, 0) is 20.8 Å². The second-order valence-electron chi connectivity index (χ2n) is 10.7. The van der Waals surface area contributed by atoms with Crippen molar-refractivity contribution in [2.45, 2.75) is 70.3 Å². The third-order valence-corrected chi connectivity index (χ3v) is 8.31. The maximum absolute atomic E-state index is 13.0. The SMILES string of the molecule is O=C(CCNC(=O)C12CC3CC(CC(C3)C1)C2)NCC(=O)NC1CCCc2ccccc21. The molecule has 1 atom stereocenters. The van der Waals surface area contributed by atoms with Crippen LogP contribution in [0.15, 0.2) is 24.3 Å². The molecular formula is C26H35N3O3. The first kappa shape index (κ1) is 21.5. The highest BCUT2D eigenvalue weighted by Crippen LogP contribution is 2.60. The molecule has 3 N–H and O–H groups in total. The molecule has 6 heteroatoms. The van der Waals surface area contributed by atoms with Gasteiger partial charge in [0.15, 0.2) is 0 Å². The lowest BCUT2D eigenvalue weighted by Crippen LogP contribution is -2.53. The van der Waals surface area contributed by atoms with E-state index in [-0.39, 0.29) is 42.1 Å². The van der Waals surface area contributed by atoms with Gasteiger partial charge in [-0.3, -0.25) is 14.4 Å². The van der Waals surface area contributed by atoms with Gasteiger partial charge in [0.25, 0.3) is 0 Å². The van der Waals surface area contributed by atoms with Crippen molar-refractivity contribution in [3.05, 3.63) is 35.4 Å². The average Bonchev–Trinajstić information content (AvgIpc) is 2.77. The van der Waals surface area contributed by atoms with Gasteiger partial charge in [-0.05, 0) is 86.7 Å². The zero-order valence-corrected chi connectivity index (χ0v) is 18.8. The highest BCUT2D eigenvalue weighted by atomic mass is 16.2. The highest BCUT2D eigenvalue weighted by molar-refractivity contribution is 5.86. The van der Waals surface area contributed by atoms with E-state index in [2.05, 4.69) is 28.1 Å². The molecule has 4 fully saturated rings. The zero-order chi connectivity index (χ0) is 22.1. The van der Waals surface area contributed by atoms with Crippen LogP contribution in [0.1, 0.15) is 75.0 Å². The number of carbonyl (C=O) groups is 3. The molecule has 4 saturated carbocycles. The summed E-state index contributed by atoms with van der Waals surface area (Å²) in [6, 6.07) is 8.25. The minimum atomic E-state index is -0.199. The van der Waals surface area contributed by atoms with Gasteiger partial charge in [0.05, 0.1) is 12.6 Å². The number of amides is 3. The zero-order valence-electron chi connectivity index (χ0n) is 18.8. The minimum absolute atomic E-state index is 0.0175. The molecule has 172 valence electrons. The molecule has 0 spiro atoms. The molecule has 6 nitrogen and oxygen atoms in total. The molecule has 0 radical (unpaired) electrons. The lowest BCUT2D eigenvalue weighted by molar-refractivity contribution is -0.146. The quantitative estimate of drug-likeness (QED) is 0.613. The number of carbonyl (C=O) groups excluding carboxylic acids is 3. The van der Waals surface area contributed by atoms with Crippen molar-refractivity contribution >= 4 is 17.7 Å². The molecular weight excluding hydrogens is 402 g/mol. The van der Waals surface area contributed by atoms with Gasteiger partial charge in [-0.1, -0.05) is 24.3 Å². The summed E-state index contributed by atoms with van der Waals surface area (Å²) in [6.45, 7) is 0.310. The van der Waals surface area contributed by atoms with Crippen molar-refractivity contribution in [3.63, 3.8) is 0 Å². The van der Waals surface area contributed by atoms with E-state index in [0.717, 1.165) is 56.3 Å². The van der Waals surface area contributed by atoms with E-state index in [9.17, 15) is 14.4 Å². The van der Waals surface area contributed by atoms with Crippen molar-refractivity contribution in [2.75, 3.05) is 13.1 Å². The summed E-state index contributed by atoms with van der Waals surface area (Å²) in [5.41, 5.74) is 2.30. The fourth-order valence-corrected chi connectivity index (χ4v) is 7.28. The summed E-state index contributed by atoms with van der Waals surface area (Å²) >= 11 is 0. The molecule has 1 aromatic carbocycles. The predicted molar refractivity (Wildman–Crippen MR) is 122 cm³/mol. The highest BCUT2D eigenvalue weighted by Gasteiger charge is 2.54. The second-order valence-corrected chi connectivity index (χ2v) is 10.7. The van der Waals surface area contributed by atoms with Crippen LogP contribution in [0.3, 0.4) is 0 Å². The van der Waals surface area contributed by atoms with Gasteiger partial charge < -0.3 is 16.0 Å². The van der Waals surface area contributed by atoms with Crippen LogP contribution in [0.4, 0.5) is 0 Å². The molecule has 3 amide bonds. The second kappa shape index (κ2) is 8.87. The number of nitrogens with one attached hydrogen (secondary N) is 3. The Labute approximate surface area is 190 Å². The van der Waals surface area contributed by atoms with E-state index in [1.165, 1.54) is 30.4 Å². The Kier molecular flexibility index (Phi) is 5.95. The molecule has 0 aliphatic heterocycles. The van der Waals surface area contributed by atoms with Crippen molar-refractivity contribution < 1.29 is 14.4 Å². The molecule has 1 aromatic rings. The Hall–Kier alpha value is -2.37. The summed E-state index contributed by atoms with van der Waals surface area (Å²) in [6.07, 6.45) is 10.2. The largest absolute Gasteiger partial charge is 0.355 e. The molecule has 5 aliphatic rings. The maximum Gasteiger partial charge on any atom is 0.239 e. The van der Waals surface area contributed by atoms with Crippen molar-refractivity contribution in [1.82, 2.24) is 16.0 Å². The van der Waals surface area contributed by atoms with Crippen molar-refractivity contribution in [3.8, 4) is 0 Å². The number of hydrogen-bond donors (Lipinski definition) is 3. The van der Waals surface area contributed by atoms with Crippen LogP contribution in [0.5, 0.6) is 0 Å². The lowest BCUT2D eigenvalue weighted by atomic mass is 9.49. The van der Waals surface area contributed by atoms with Crippen LogP contribution < -0.4 is 16.0 Å². The number of fused-ring (bicyclic) bond motifs is 1.